The van der Waals surface area contributed by atoms with Crippen molar-refractivity contribution in [3.8, 4) is 0 Å². The zero-order valence-electron chi connectivity index (χ0n) is 15.3. The molecule has 138 valence electrons. The molecule has 0 aliphatic carbocycles. The molecule has 0 unspecified atom stereocenters. The molecular formula is C20H31N3O2. The molecule has 1 aromatic carbocycles. The van der Waals surface area contributed by atoms with E-state index in [2.05, 4.69) is 40.4 Å². The lowest BCUT2D eigenvalue weighted by Crippen LogP contribution is -2.41. The van der Waals surface area contributed by atoms with E-state index in [4.69, 9.17) is 0 Å². The van der Waals surface area contributed by atoms with Crippen LogP contribution in [0, 0.1) is 5.92 Å². The Kier molecular flexibility index (Phi) is 6.45. The van der Waals surface area contributed by atoms with E-state index < -0.39 is 0 Å². The van der Waals surface area contributed by atoms with Gasteiger partial charge in [0.1, 0.15) is 0 Å². The molecule has 0 saturated carbocycles. The van der Waals surface area contributed by atoms with Crippen molar-refractivity contribution in [2.24, 2.45) is 5.92 Å². The molecule has 2 heterocycles. The number of piperidine rings is 1. The zero-order valence-corrected chi connectivity index (χ0v) is 15.3. The molecule has 25 heavy (non-hydrogen) atoms. The molecule has 3 rings (SSSR count). The molecule has 2 aliphatic rings. The van der Waals surface area contributed by atoms with Crippen LogP contribution in [-0.4, -0.2) is 60.1 Å². The molecule has 2 N–H and O–H groups in total. The van der Waals surface area contributed by atoms with Gasteiger partial charge in [-0.15, -0.1) is 0 Å². The third kappa shape index (κ3) is 4.81. The van der Waals surface area contributed by atoms with Crippen molar-refractivity contribution >= 4 is 5.91 Å². The van der Waals surface area contributed by atoms with E-state index in [0.29, 0.717) is 6.54 Å². The van der Waals surface area contributed by atoms with Gasteiger partial charge in [-0.2, -0.15) is 0 Å². The average molecular weight is 345 g/mol. The predicted octanol–water partition coefficient (Wildman–Crippen LogP) is 1.60. The van der Waals surface area contributed by atoms with Crippen LogP contribution in [0.3, 0.4) is 0 Å². The fourth-order valence-electron chi connectivity index (χ4n) is 4.12. The summed E-state index contributed by atoms with van der Waals surface area (Å²) in [7, 11) is 2.09. The first-order valence-corrected chi connectivity index (χ1v) is 9.55. The Balaban J connectivity index is 1.58. The van der Waals surface area contributed by atoms with Gasteiger partial charge in [-0.3, -0.25) is 9.69 Å². The lowest BCUT2D eigenvalue weighted by Gasteiger charge is -2.29. The van der Waals surface area contributed by atoms with Gasteiger partial charge in [0.2, 0.25) is 5.91 Å². The summed E-state index contributed by atoms with van der Waals surface area (Å²) >= 11 is 0. The maximum absolute atomic E-state index is 12.5. The van der Waals surface area contributed by atoms with Crippen LogP contribution in [0.15, 0.2) is 24.3 Å². The van der Waals surface area contributed by atoms with Crippen molar-refractivity contribution < 1.29 is 9.90 Å². The number of carbonyl (C=O) groups excluding carboxylic acids is 1. The largest absolute Gasteiger partial charge is 0.395 e. The van der Waals surface area contributed by atoms with Gasteiger partial charge in [0.15, 0.2) is 0 Å². The Bertz CT molecular complexity index is 578. The summed E-state index contributed by atoms with van der Waals surface area (Å²) in [5.41, 5.74) is 2.44. The van der Waals surface area contributed by atoms with Crippen LogP contribution in [0.25, 0.3) is 0 Å². The van der Waals surface area contributed by atoms with E-state index in [1.165, 1.54) is 11.1 Å². The Morgan fingerprint density at radius 2 is 1.96 bits per heavy atom. The predicted molar refractivity (Wildman–Crippen MR) is 99.0 cm³/mol. The third-order valence-corrected chi connectivity index (χ3v) is 5.65. The van der Waals surface area contributed by atoms with Gasteiger partial charge < -0.3 is 15.3 Å². The van der Waals surface area contributed by atoms with E-state index in [1.807, 2.05) is 6.07 Å². The van der Waals surface area contributed by atoms with Crippen molar-refractivity contribution in [1.82, 2.24) is 15.1 Å². The molecule has 0 spiro atoms. The lowest BCUT2D eigenvalue weighted by atomic mass is 9.97. The number of likely N-dealkylation sites (tertiary alicyclic amines) is 2. The van der Waals surface area contributed by atoms with Crippen molar-refractivity contribution in [3.05, 3.63) is 35.4 Å². The fourth-order valence-corrected chi connectivity index (χ4v) is 4.12. The minimum absolute atomic E-state index is 0.114. The van der Waals surface area contributed by atoms with Gasteiger partial charge in [-0.1, -0.05) is 24.3 Å². The van der Waals surface area contributed by atoms with E-state index in [9.17, 15) is 9.90 Å². The van der Waals surface area contributed by atoms with Crippen molar-refractivity contribution in [2.45, 2.75) is 44.8 Å². The normalized spacial score (nSPS) is 25.2. The van der Waals surface area contributed by atoms with Crippen LogP contribution in [0.4, 0.5) is 0 Å². The molecule has 5 heteroatoms. The first kappa shape index (κ1) is 18.4. The summed E-state index contributed by atoms with van der Waals surface area (Å²) in [4.78, 5) is 17.1. The molecule has 2 fully saturated rings. The standard InChI is InChI=1S/C20H31N3O2/c1-22-10-4-8-18(13-22)20(25)21-12-16-6-2-3-7-17(16)14-23-11-5-9-19(23)15-24/h2-3,6-7,18-19,24H,4-5,8-15H2,1H3,(H,21,25)/t18-,19+/m1/s1. The van der Waals surface area contributed by atoms with Crippen LogP contribution >= 0.6 is 0 Å². The summed E-state index contributed by atoms with van der Waals surface area (Å²) in [6, 6.07) is 8.61. The number of benzene rings is 1. The quantitative estimate of drug-likeness (QED) is 0.822. The topological polar surface area (TPSA) is 55.8 Å². The number of nitrogens with one attached hydrogen (secondary N) is 1. The number of amides is 1. The van der Waals surface area contributed by atoms with Crippen molar-refractivity contribution in [2.75, 3.05) is 33.3 Å². The summed E-state index contributed by atoms with van der Waals surface area (Å²) in [5.74, 6) is 0.291. The molecular weight excluding hydrogens is 314 g/mol. The van der Waals surface area contributed by atoms with Crippen LogP contribution in [0.2, 0.25) is 0 Å². The Morgan fingerprint density at radius 3 is 2.72 bits per heavy atom. The second-order valence-corrected chi connectivity index (χ2v) is 7.54. The number of rotatable bonds is 6. The average Bonchev–Trinajstić information content (AvgIpc) is 3.08. The number of aliphatic hydroxyl groups excluding tert-OH is 1. The van der Waals surface area contributed by atoms with Crippen LogP contribution in [-0.2, 0) is 17.9 Å². The van der Waals surface area contributed by atoms with E-state index in [0.717, 1.165) is 51.9 Å². The van der Waals surface area contributed by atoms with Crippen molar-refractivity contribution in [3.63, 3.8) is 0 Å². The summed E-state index contributed by atoms with van der Waals surface area (Å²) in [5, 5.41) is 12.7. The molecule has 1 aromatic rings. The second-order valence-electron chi connectivity index (χ2n) is 7.54. The molecule has 0 bridgehead atoms. The highest BCUT2D eigenvalue weighted by Crippen LogP contribution is 2.21. The SMILES string of the molecule is CN1CCC[C@@H](C(=O)NCc2ccccc2CN2CCC[C@H]2CO)C1. The van der Waals surface area contributed by atoms with Crippen LogP contribution in [0.1, 0.15) is 36.8 Å². The minimum atomic E-state index is 0.114. The molecule has 2 saturated heterocycles. The summed E-state index contributed by atoms with van der Waals surface area (Å²) in [6.07, 6.45) is 4.32. The Hall–Kier alpha value is -1.43. The smallest absolute Gasteiger partial charge is 0.224 e. The molecule has 5 nitrogen and oxygen atoms in total. The van der Waals surface area contributed by atoms with Gasteiger partial charge in [0.05, 0.1) is 12.5 Å². The number of carbonyl (C=O) groups is 1. The first-order chi connectivity index (χ1) is 12.2. The number of hydrogen-bond donors (Lipinski definition) is 2. The molecule has 0 radical (unpaired) electrons. The molecule has 2 aliphatic heterocycles. The van der Waals surface area contributed by atoms with Gasteiger partial charge in [0, 0.05) is 25.7 Å². The highest BCUT2D eigenvalue weighted by Gasteiger charge is 2.25. The van der Waals surface area contributed by atoms with Gasteiger partial charge >= 0.3 is 0 Å². The van der Waals surface area contributed by atoms with E-state index in [1.54, 1.807) is 0 Å². The Labute approximate surface area is 151 Å². The van der Waals surface area contributed by atoms with Gasteiger partial charge in [-0.05, 0) is 56.9 Å². The highest BCUT2D eigenvalue weighted by molar-refractivity contribution is 5.79. The minimum Gasteiger partial charge on any atom is -0.395 e. The van der Waals surface area contributed by atoms with Crippen LogP contribution in [0.5, 0.6) is 0 Å². The van der Waals surface area contributed by atoms with Crippen molar-refractivity contribution in [1.29, 1.82) is 0 Å². The number of nitrogens with zero attached hydrogens (tertiary/aromatic N) is 2. The van der Waals surface area contributed by atoms with Crippen LogP contribution < -0.4 is 5.32 Å². The second kappa shape index (κ2) is 8.79. The third-order valence-electron chi connectivity index (χ3n) is 5.65. The number of hydrogen-bond acceptors (Lipinski definition) is 4. The van der Waals surface area contributed by atoms with E-state index >= 15 is 0 Å². The Morgan fingerprint density at radius 1 is 1.20 bits per heavy atom. The monoisotopic (exact) mass is 345 g/mol. The zero-order chi connectivity index (χ0) is 17.6. The molecule has 2 atom stereocenters. The summed E-state index contributed by atoms with van der Waals surface area (Å²) < 4.78 is 0. The van der Waals surface area contributed by atoms with E-state index in [-0.39, 0.29) is 24.5 Å². The lowest BCUT2D eigenvalue weighted by molar-refractivity contribution is -0.126. The van der Waals surface area contributed by atoms with Gasteiger partial charge in [-0.25, -0.2) is 0 Å². The maximum Gasteiger partial charge on any atom is 0.224 e. The molecule has 1 amide bonds. The highest BCUT2D eigenvalue weighted by atomic mass is 16.3. The maximum atomic E-state index is 12.5. The summed E-state index contributed by atoms with van der Waals surface area (Å²) in [6.45, 7) is 4.67. The molecule has 0 aromatic heterocycles. The first-order valence-electron chi connectivity index (χ1n) is 9.55. The number of aliphatic hydroxyl groups is 1. The fraction of sp³-hybridized carbons (Fsp3) is 0.650. The van der Waals surface area contributed by atoms with Gasteiger partial charge in [0.25, 0.3) is 0 Å².